The first-order chi connectivity index (χ1) is 10.7. The monoisotopic (exact) mass is 296 g/mol. The molecule has 0 unspecified atom stereocenters. The lowest BCUT2D eigenvalue weighted by atomic mass is 10.1. The lowest BCUT2D eigenvalue weighted by Crippen LogP contribution is -2.10. The average Bonchev–Trinajstić information content (AvgIpc) is 3.00. The molecule has 4 heteroatoms. The van der Waals surface area contributed by atoms with E-state index < -0.39 is 5.63 Å². The van der Waals surface area contributed by atoms with Gasteiger partial charge in [-0.3, -0.25) is 0 Å². The third-order valence-electron chi connectivity index (χ3n) is 4.27. The number of hydrogen-bond donors (Lipinski definition) is 1. The topological polar surface area (TPSA) is 59.7 Å². The molecule has 1 N–H and O–H groups in total. The summed E-state index contributed by atoms with van der Waals surface area (Å²) in [6.45, 7) is 0. The minimum atomic E-state index is -0.448. The van der Waals surface area contributed by atoms with Crippen LogP contribution in [0.1, 0.15) is 25.7 Å². The number of hydrogen-bond acceptors (Lipinski definition) is 4. The Morgan fingerprint density at radius 2 is 1.77 bits per heavy atom. The molecule has 0 bridgehead atoms. The second-order valence-electron chi connectivity index (χ2n) is 5.80. The Hall–Kier alpha value is -2.49. The number of aromatic hydroxyl groups is 1. The number of ether oxygens (including phenoxy) is 1. The summed E-state index contributed by atoms with van der Waals surface area (Å²) in [5.41, 5.74) is 0.0649. The fourth-order valence-corrected chi connectivity index (χ4v) is 3.17. The Morgan fingerprint density at radius 1 is 1.00 bits per heavy atom. The largest absolute Gasteiger partial charge is 0.508 e. The van der Waals surface area contributed by atoms with Crippen molar-refractivity contribution in [3.63, 3.8) is 0 Å². The van der Waals surface area contributed by atoms with Crippen molar-refractivity contribution < 1.29 is 14.3 Å². The van der Waals surface area contributed by atoms with Gasteiger partial charge in [-0.1, -0.05) is 0 Å². The number of phenolic OH excluding ortho intramolecular Hbond substituents is 1. The quantitative estimate of drug-likeness (QED) is 0.574. The Morgan fingerprint density at radius 3 is 2.59 bits per heavy atom. The molecule has 0 amide bonds. The second kappa shape index (κ2) is 5.05. The molecule has 3 aromatic rings. The van der Waals surface area contributed by atoms with Gasteiger partial charge in [-0.25, -0.2) is 4.79 Å². The molecule has 4 nitrogen and oxygen atoms in total. The normalized spacial score (nSPS) is 15.6. The van der Waals surface area contributed by atoms with Gasteiger partial charge in [-0.2, -0.15) is 0 Å². The maximum atomic E-state index is 12.1. The van der Waals surface area contributed by atoms with Gasteiger partial charge in [0.05, 0.1) is 11.5 Å². The zero-order chi connectivity index (χ0) is 15.1. The molecule has 0 aliphatic heterocycles. The molecule has 1 saturated carbocycles. The molecule has 1 aliphatic carbocycles. The summed E-state index contributed by atoms with van der Waals surface area (Å²) < 4.78 is 11.3. The molecule has 0 saturated heterocycles. The summed E-state index contributed by atoms with van der Waals surface area (Å²) in [5, 5.41) is 11.5. The molecule has 0 radical (unpaired) electrons. The van der Waals surface area contributed by atoms with E-state index in [-0.39, 0.29) is 11.9 Å². The van der Waals surface area contributed by atoms with Crippen LogP contribution >= 0.6 is 0 Å². The first kappa shape index (κ1) is 13.2. The van der Waals surface area contributed by atoms with Gasteiger partial charge in [-0.15, -0.1) is 0 Å². The van der Waals surface area contributed by atoms with E-state index >= 15 is 0 Å². The Kier molecular flexibility index (Phi) is 3.03. The Balaban J connectivity index is 1.84. The average molecular weight is 296 g/mol. The minimum absolute atomic E-state index is 0.0559. The summed E-state index contributed by atoms with van der Waals surface area (Å²) in [6.07, 6.45) is 4.85. The highest BCUT2D eigenvalue weighted by Crippen LogP contribution is 2.30. The van der Waals surface area contributed by atoms with Crippen molar-refractivity contribution >= 4 is 21.7 Å². The van der Waals surface area contributed by atoms with Crippen molar-refractivity contribution in [2.24, 2.45) is 0 Å². The van der Waals surface area contributed by atoms with Crippen LogP contribution in [-0.4, -0.2) is 11.2 Å². The lowest BCUT2D eigenvalue weighted by Gasteiger charge is -2.13. The smallest absolute Gasteiger partial charge is 0.344 e. The van der Waals surface area contributed by atoms with Gasteiger partial charge in [0.2, 0.25) is 0 Å². The van der Waals surface area contributed by atoms with E-state index in [0.717, 1.165) is 29.4 Å². The van der Waals surface area contributed by atoms with E-state index in [2.05, 4.69) is 0 Å². The highest BCUT2D eigenvalue weighted by molar-refractivity contribution is 6.04. The molecule has 1 fully saturated rings. The molecule has 0 atom stereocenters. The highest BCUT2D eigenvalue weighted by Gasteiger charge is 2.17. The number of benzene rings is 2. The van der Waals surface area contributed by atoms with Gasteiger partial charge in [0.1, 0.15) is 17.1 Å². The van der Waals surface area contributed by atoms with E-state index in [4.69, 9.17) is 9.15 Å². The van der Waals surface area contributed by atoms with Gasteiger partial charge in [0.15, 0.2) is 0 Å². The first-order valence-electron chi connectivity index (χ1n) is 7.57. The second-order valence-corrected chi connectivity index (χ2v) is 5.80. The number of rotatable bonds is 2. The van der Waals surface area contributed by atoms with Crippen LogP contribution in [0.15, 0.2) is 45.6 Å². The lowest BCUT2D eigenvalue weighted by molar-refractivity contribution is 0.210. The van der Waals surface area contributed by atoms with Crippen LogP contribution in [-0.2, 0) is 0 Å². The predicted molar refractivity (Wildman–Crippen MR) is 84.5 cm³/mol. The van der Waals surface area contributed by atoms with Crippen molar-refractivity contribution in [1.29, 1.82) is 0 Å². The fraction of sp³-hybridized carbons (Fsp3) is 0.278. The maximum absolute atomic E-state index is 12.1. The first-order valence-corrected chi connectivity index (χ1v) is 7.57. The van der Waals surface area contributed by atoms with E-state index in [0.29, 0.717) is 11.0 Å². The fourth-order valence-electron chi connectivity index (χ4n) is 3.17. The van der Waals surface area contributed by atoms with E-state index in [1.807, 2.05) is 12.1 Å². The molecule has 1 aliphatic rings. The standard InChI is InChI=1S/C18H16O4/c19-11-5-7-14-15-8-6-13(21-12-3-1-2-4-12)10-17(15)22-18(20)16(14)9-11/h5-10,12,19H,1-4H2. The van der Waals surface area contributed by atoms with Crippen LogP contribution in [0.5, 0.6) is 11.5 Å². The van der Waals surface area contributed by atoms with E-state index in [9.17, 15) is 9.90 Å². The summed E-state index contributed by atoms with van der Waals surface area (Å²) >= 11 is 0. The SMILES string of the molecule is O=c1oc2cc(OC3CCCC3)ccc2c2ccc(O)cc12. The van der Waals surface area contributed by atoms with Crippen LogP contribution in [0, 0.1) is 0 Å². The van der Waals surface area contributed by atoms with E-state index in [1.165, 1.54) is 18.9 Å². The summed E-state index contributed by atoms with van der Waals surface area (Å²) in [4.78, 5) is 12.1. The van der Waals surface area contributed by atoms with Crippen LogP contribution in [0.2, 0.25) is 0 Å². The zero-order valence-corrected chi connectivity index (χ0v) is 12.0. The third kappa shape index (κ3) is 2.21. The molecular weight excluding hydrogens is 280 g/mol. The Labute approximate surface area is 126 Å². The van der Waals surface area contributed by atoms with Gasteiger partial charge in [0, 0.05) is 16.8 Å². The zero-order valence-electron chi connectivity index (χ0n) is 12.0. The van der Waals surface area contributed by atoms with Gasteiger partial charge in [0.25, 0.3) is 0 Å². The van der Waals surface area contributed by atoms with Crippen LogP contribution in [0.25, 0.3) is 21.7 Å². The summed E-state index contributed by atoms with van der Waals surface area (Å²) in [5.74, 6) is 0.793. The number of fused-ring (bicyclic) bond motifs is 3. The molecule has 1 aromatic heterocycles. The van der Waals surface area contributed by atoms with E-state index in [1.54, 1.807) is 18.2 Å². The minimum Gasteiger partial charge on any atom is -0.508 e. The molecule has 4 rings (SSSR count). The predicted octanol–water partition coefficient (Wildman–Crippen LogP) is 3.97. The van der Waals surface area contributed by atoms with Crippen molar-refractivity contribution in [1.82, 2.24) is 0 Å². The van der Waals surface area contributed by atoms with Crippen LogP contribution in [0.3, 0.4) is 0 Å². The summed E-state index contributed by atoms with van der Waals surface area (Å²) in [7, 11) is 0. The molecule has 1 heterocycles. The van der Waals surface area contributed by atoms with Crippen molar-refractivity contribution in [2.75, 3.05) is 0 Å². The van der Waals surface area contributed by atoms with Gasteiger partial charge < -0.3 is 14.3 Å². The molecule has 0 spiro atoms. The van der Waals surface area contributed by atoms with Crippen molar-refractivity contribution in [2.45, 2.75) is 31.8 Å². The van der Waals surface area contributed by atoms with Crippen LogP contribution < -0.4 is 10.4 Å². The van der Waals surface area contributed by atoms with Crippen LogP contribution in [0.4, 0.5) is 0 Å². The highest BCUT2D eigenvalue weighted by atomic mass is 16.5. The summed E-state index contributed by atoms with van der Waals surface area (Å²) in [6, 6.07) is 10.3. The molecule has 22 heavy (non-hydrogen) atoms. The third-order valence-corrected chi connectivity index (χ3v) is 4.27. The number of phenols is 1. The molecule has 2 aromatic carbocycles. The molecule has 112 valence electrons. The van der Waals surface area contributed by atoms with Gasteiger partial charge >= 0.3 is 5.63 Å². The van der Waals surface area contributed by atoms with Crippen molar-refractivity contribution in [3.8, 4) is 11.5 Å². The maximum Gasteiger partial charge on any atom is 0.344 e. The Bertz CT molecular complexity index is 904. The van der Waals surface area contributed by atoms with Gasteiger partial charge in [-0.05, 0) is 56.0 Å². The van der Waals surface area contributed by atoms with Crippen molar-refractivity contribution in [3.05, 3.63) is 46.8 Å². The molecular formula is C18H16O4.